The fourth-order valence-corrected chi connectivity index (χ4v) is 4.08. The zero-order valence-corrected chi connectivity index (χ0v) is 15.3. The highest BCUT2D eigenvalue weighted by Crippen LogP contribution is 2.36. The molecule has 1 aromatic rings. The molecule has 6 nitrogen and oxygen atoms in total. The lowest BCUT2D eigenvalue weighted by molar-refractivity contribution is -0.122. The van der Waals surface area contributed by atoms with Crippen LogP contribution in [0.15, 0.2) is 23.1 Å². The first-order chi connectivity index (χ1) is 12.1. The van der Waals surface area contributed by atoms with Gasteiger partial charge in [0.15, 0.2) is 11.5 Å². The number of para-hydroxylation sites is 1. The number of phenols is 2. The largest absolute Gasteiger partial charge is 0.504 e. The Balaban J connectivity index is 1.61. The molecule has 3 rings (SSSR count). The summed E-state index contributed by atoms with van der Waals surface area (Å²) in [5.41, 5.74) is 0.397. The van der Waals surface area contributed by atoms with Gasteiger partial charge in [-0.25, -0.2) is 0 Å². The molecule has 2 saturated heterocycles. The molecule has 0 bridgehead atoms. The highest BCUT2D eigenvalue weighted by Gasteiger charge is 2.31. The Labute approximate surface area is 156 Å². The van der Waals surface area contributed by atoms with E-state index in [0.717, 1.165) is 39.3 Å². The minimum absolute atomic E-state index is 0.153. The smallest absolute Gasteiger partial charge is 0.266 e. The number of hydrogen-bond donors (Lipinski definition) is 2. The third kappa shape index (κ3) is 4.33. The van der Waals surface area contributed by atoms with Gasteiger partial charge in [-0.3, -0.25) is 14.6 Å². The molecule has 0 aromatic heterocycles. The molecule has 0 aliphatic carbocycles. The predicted molar refractivity (Wildman–Crippen MR) is 102 cm³/mol. The monoisotopic (exact) mass is 380 g/mol. The van der Waals surface area contributed by atoms with Crippen molar-refractivity contribution >= 4 is 40.3 Å². The Kier molecular flexibility index (Phi) is 5.95. The second kappa shape index (κ2) is 8.18. The molecule has 0 saturated carbocycles. The second-order valence-corrected chi connectivity index (χ2v) is 7.53. The number of rotatable bonds is 5. The molecule has 2 aliphatic heterocycles. The van der Waals surface area contributed by atoms with Crippen LogP contribution in [0.25, 0.3) is 6.08 Å². The van der Waals surface area contributed by atoms with Crippen molar-refractivity contribution < 1.29 is 19.7 Å². The fraction of sp³-hybridized carbons (Fsp3) is 0.412. The summed E-state index contributed by atoms with van der Waals surface area (Å²) in [6.07, 6.45) is 2.41. The maximum absolute atomic E-state index is 12.6. The van der Waals surface area contributed by atoms with Crippen LogP contribution in [-0.2, 0) is 9.53 Å². The lowest BCUT2D eigenvalue weighted by atomic mass is 10.1. The van der Waals surface area contributed by atoms with Crippen LogP contribution in [0.5, 0.6) is 11.5 Å². The average Bonchev–Trinajstić information content (AvgIpc) is 2.87. The van der Waals surface area contributed by atoms with Crippen LogP contribution in [0.2, 0.25) is 0 Å². The van der Waals surface area contributed by atoms with E-state index < -0.39 is 0 Å². The van der Waals surface area contributed by atoms with Crippen molar-refractivity contribution in [3.8, 4) is 11.5 Å². The van der Waals surface area contributed by atoms with E-state index in [9.17, 15) is 15.0 Å². The molecule has 0 radical (unpaired) electrons. The Morgan fingerprint density at radius 3 is 2.76 bits per heavy atom. The first-order valence-corrected chi connectivity index (χ1v) is 9.35. The standard InChI is InChI=1S/C17H20N2O4S2/c20-13-4-1-3-12(15(13)21)11-14-16(22)19(17(24)25-14)6-2-5-18-7-9-23-10-8-18/h1,3-4,11,20-21H,2,5-10H2/b14-11+. The van der Waals surface area contributed by atoms with Crippen molar-refractivity contribution in [1.82, 2.24) is 9.80 Å². The summed E-state index contributed by atoms with van der Waals surface area (Å²) in [6, 6.07) is 4.65. The van der Waals surface area contributed by atoms with Gasteiger partial charge in [0, 0.05) is 31.7 Å². The van der Waals surface area contributed by atoms with Crippen LogP contribution in [0, 0.1) is 0 Å². The molecule has 134 valence electrons. The lowest BCUT2D eigenvalue weighted by Crippen LogP contribution is -2.38. The molecule has 0 spiro atoms. The van der Waals surface area contributed by atoms with Gasteiger partial charge in [0.05, 0.1) is 18.1 Å². The number of ether oxygens (including phenoxy) is 1. The number of amides is 1. The summed E-state index contributed by atoms with van der Waals surface area (Å²) >= 11 is 6.54. The number of carbonyl (C=O) groups is 1. The summed E-state index contributed by atoms with van der Waals surface area (Å²) in [4.78, 5) is 17.0. The highest BCUT2D eigenvalue weighted by molar-refractivity contribution is 8.26. The number of benzene rings is 1. The summed E-state index contributed by atoms with van der Waals surface area (Å²) in [7, 11) is 0. The van der Waals surface area contributed by atoms with Crippen LogP contribution in [0.1, 0.15) is 12.0 Å². The maximum Gasteiger partial charge on any atom is 0.266 e. The number of thiocarbonyl (C=S) groups is 1. The maximum atomic E-state index is 12.6. The van der Waals surface area contributed by atoms with E-state index in [1.54, 1.807) is 23.1 Å². The van der Waals surface area contributed by atoms with Crippen molar-refractivity contribution in [2.45, 2.75) is 6.42 Å². The summed E-state index contributed by atoms with van der Waals surface area (Å²) in [5, 5.41) is 19.4. The highest BCUT2D eigenvalue weighted by atomic mass is 32.2. The predicted octanol–water partition coefficient (Wildman–Crippen LogP) is 2.02. The van der Waals surface area contributed by atoms with E-state index in [-0.39, 0.29) is 17.4 Å². The summed E-state index contributed by atoms with van der Waals surface area (Å²) in [6.45, 7) is 4.86. The molecule has 0 atom stereocenters. The van der Waals surface area contributed by atoms with Gasteiger partial charge in [-0.1, -0.05) is 36.1 Å². The SMILES string of the molecule is O=C1/C(=C\c2cccc(O)c2O)SC(=S)N1CCCN1CCOCC1. The van der Waals surface area contributed by atoms with Gasteiger partial charge in [-0.05, 0) is 18.6 Å². The molecule has 2 fully saturated rings. The molecule has 2 heterocycles. The lowest BCUT2D eigenvalue weighted by Gasteiger charge is -2.27. The minimum atomic E-state index is -0.236. The van der Waals surface area contributed by atoms with Crippen molar-refractivity contribution in [3.05, 3.63) is 28.7 Å². The number of thioether (sulfide) groups is 1. The Morgan fingerprint density at radius 2 is 2.00 bits per heavy atom. The Morgan fingerprint density at radius 1 is 1.24 bits per heavy atom. The first kappa shape index (κ1) is 18.2. The number of carbonyl (C=O) groups excluding carboxylic acids is 1. The molecular weight excluding hydrogens is 360 g/mol. The minimum Gasteiger partial charge on any atom is -0.504 e. The topological polar surface area (TPSA) is 73.2 Å². The zero-order chi connectivity index (χ0) is 17.8. The molecule has 1 aromatic carbocycles. The third-order valence-electron chi connectivity index (χ3n) is 4.17. The van der Waals surface area contributed by atoms with Crippen LogP contribution in [-0.4, -0.2) is 69.6 Å². The number of morpholine rings is 1. The van der Waals surface area contributed by atoms with E-state index in [1.807, 2.05) is 0 Å². The van der Waals surface area contributed by atoms with Gasteiger partial charge in [0.2, 0.25) is 0 Å². The van der Waals surface area contributed by atoms with Crippen molar-refractivity contribution in [3.63, 3.8) is 0 Å². The van der Waals surface area contributed by atoms with Crippen LogP contribution >= 0.6 is 24.0 Å². The molecule has 2 N–H and O–H groups in total. The zero-order valence-electron chi connectivity index (χ0n) is 13.7. The van der Waals surface area contributed by atoms with Gasteiger partial charge >= 0.3 is 0 Å². The second-order valence-electron chi connectivity index (χ2n) is 5.86. The Hall–Kier alpha value is -1.61. The van der Waals surface area contributed by atoms with Crippen LogP contribution < -0.4 is 0 Å². The number of hydrogen-bond acceptors (Lipinski definition) is 7. The molecule has 2 aliphatic rings. The van der Waals surface area contributed by atoms with E-state index >= 15 is 0 Å². The van der Waals surface area contributed by atoms with E-state index in [1.165, 1.54) is 17.8 Å². The third-order valence-corrected chi connectivity index (χ3v) is 5.54. The molecule has 1 amide bonds. The van der Waals surface area contributed by atoms with Crippen molar-refractivity contribution in [2.24, 2.45) is 0 Å². The van der Waals surface area contributed by atoms with Crippen LogP contribution in [0.3, 0.4) is 0 Å². The van der Waals surface area contributed by atoms with Crippen molar-refractivity contribution in [2.75, 3.05) is 39.4 Å². The molecular formula is C17H20N2O4S2. The summed E-state index contributed by atoms with van der Waals surface area (Å²) in [5.74, 6) is -0.602. The fourth-order valence-electron chi connectivity index (χ4n) is 2.78. The number of nitrogens with zero attached hydrogens (tertiary/aromatic N) is 2. The van der Waals surface area contributed by atoms with Gasteiger partial charge in [-0.15, -0.1) is 0 Å². The van der Waals surface area contributed by atoms with Gasteiger partial charge in [0.25, 0.3) is 5.91 Å². The number of phenolic OH excluding ortho intramolecular Hbond substituents is 2. The quantitative estimate of drug-likeness (QED) is 0.460. The van der Waals surface area contributed by atoms with Gasteiger partial charge in [0.1, 0.15) is 4.32 Å². The molecule has 8 heteroatoms. The first-order valence-electron chi connectivity index (χ1n) is 8.12. The summed E-state index contributed by atoms with van der Waals surface area (Å²) < 4.78 is 5.85. The molecule has 25 heavy (non-hydrogen) atoms. The van der Waals surface area contributed by atoms with Gasteiger partial charge < -0.3 is 14.9 Å². The average molecular weight is 380 g/mol. The number of aromatic hydroxyl groups is 2. The van der Waals surface area contributed by atoms with E-state index in [2.05, 4.69) is 4.90 Å². The van der Waals surface area contributed by atoms with E-state index in [0.29, 0.717) is 21.3 Å². The Bertz CT molecular complexity index is 702. The van der Waals surface area contributed by atoms with Gasteiger partial charge in [-0.2, -0.15) is 0 Å². The van der Waals surface area contributed by atoms with Crippen LogP contribution in [0.4, 0.5) is 0 Å². The van der Waals surface area contributed by atoms with E-state index in [4.69, 9.17) is 17.0 Å². The normalized spacial score (nSPS) is 20.6. The van der Waals surface area contributed by atoms with Crippen molar-refractivity contribution in [1.29, 1.82) is 0 Å². The molecule has 0 unspecified atom stereocenters.